The third-order valence-electron chi connectivity index (χ3n) is 3.63. The van der Waals surface area contributed by atoms with Crippen molar-refractivity contribution >= 4 is 0 Å². The lowest BCUT2D eigenvalue weighted by atomic mass is 9.92. The summed E-state index contributed by atoms with van der Waals surface area (Å²) in [5.74, 6) is 0. The minimum Gasteiger partial charge on any atom is -0.330 e. The third kappa shape index (κ3) is 3.69. The maximum absolute atomic E-state index is 5.65. The highest BCUT2D eigenvalue weighted by Gasteiger charge is 2.08. The first-order valence-electron chi connectivity index (χ1n) is 7.43. The van der Waals surface area contributed by atoms with Crippen LogP contribution in [0.15, 0.2) is 48.5 Å². The Labute approximate surface area is 121 Å². The molecule has 2 aromatic rings. The van der Waals surface area contributed by atoms with Crippen LogP contribution >= 0.6 is 0 Å². The van der Waals surface area contributed by atoms with Gasteiger partial charge in [-0.05, 0) is 61.0 Å². The molecule has 0 spiro atoms. The number of benzene rings is 2. The molecule has 0 radical (unpaired) electrons. The van der Waals surface area contributed by atoms with Gasteiger partial charge < -0.3 is 11.5 Å². The van der Waals surface area contributed by atoms with Crippen LogP contribution in [0.1, 0.15) is 24.0 Å². The summed E-state index contributed by atoms with van der Waals surface area (Å²) in [4.78, 5) is 0. The van der Waals surface area contributed by atoms with Crippen LogP contribution in [0.5, 0.6) is 0 Å². The molecule has 4 N–H and O–H groups in total. The molecule has 0 fully saturated rings. The zero-order chi connectivity index (χ0) is 14.2. The SMILES string of the molecule is NCCCc1ccccc1-c1ccccc1CCCN. The quantitative estimate of drug-likeness (QED) is 0.810. The summed E-state index contributed by atoms with van der Waals surface area (Å²) >= 11 is 0. The molecule has 0 aliphatic carbocycles. The van der Waals surface area contributed by atoms with Gasteiger partial charge in [-0.2, -0.15) is 0 Å². The van der Waals surface area contributed by atoms with Crippen molar-refractivity contribution in [3.63, 3.8) is 0 Å². The van der Waals surface area contributed by atoms with Crippen LogP contribution in [-0.4, -0.2) is 13.1 Å². The van der Waals surface area contributed by atoms with E-state index in [1.54, 1.807) is 0 Å². The van der Waals surface area contributed by atoms with Gasteiger partial charge in [0.2, 0.25) is 0 Å². The number of hydrogen-bond donors (Lipinski definition) is 2. The van der Waals surface area contributed by atoms with Gasteiger partial charge in [-0.25, -0.2) is 0 Å². The van der Waals surface area contributed by atoms with E-state index in [0.29, 0.717) is 0 Å². The molecule has 0 saturated carbocycles. The summed E-state index contributed by atoms with van der Waals surface area (Å²) in [6, 6.07) is 17.3. The molecule has 0 atom stereocenters. The first-order valence-corrected chi connectivity index (χ1v) is 7.43. The number of nitrogens with two attached hydrogens (primary N) is 2. The van der Waals surface area contributed by atoms with Crippen molar-refractivity contribution < 1.29 is 0 Å². The number of hydrogen-bond acceptors (Lipinski definition) is 2. The van der Waals surface area contributed by atoms with E-state index in [1.807, 2.05) is 0 Å². The fraction of sp³-hybridized carbons (Fsp3) is 0.333. The van der Waals surface area contributed by atoms with Crippen molar-refractivity contribution in [1.29, 1.82) is 0 Å². The smallest absolute Gasteiger partial charge is 0.00741 e. The van der Waals surface area contributed by atoms with Crippen LogP contribution in [0.4, 0.5) is 0 Å². The molecule has 2 rings (SSSR count). The van der Waals surface area contributed by atoms with E-state index in [1.165, 1.54) is 22.3 Å². The van der Waals surface area contributed by atoms with Crippen LogP contribution in [0.2, 0.25) is 0 Å². The van der Waals surface area contributed by atoms with Gasteiger partial charge >= 0.3 is 0 Å². The van der Waals surface area contributed by atoms with Gasteiger partial charge in [-0.1, -0.05) is 48.5 Å². The zero-order valence-electron chi connectivity index (χ0n) is 12.0. The maximum Gasteiger partial charge on any atom is -0.00741 e. The highest BCUT2D eigenvalue weighted by molar-refractivity contribution is 5.70. The van der Waals surface area contributed by atoms with Gasteiger partial charge in [0.15, 0.2) is 0 Å². The Kier molecular flexibility index (Phi) is 5.78. The number of aryl methyl sites for hydroxylation is 2. The highest BCUT2D eigenvalue weighted by Crippen LogP contribution is 2.28. The zero-order valence-corrected chi connectivity index (χ0v) is 12.0. The van der Waals surface area contributed by atoms with Gasteiger partial charge in [-0.3, -0.25) is 0 Å². The Morgan fingerprint density at radius 1 is 0.600 bits per heavy atom. The van der Waals surface area contributed by atoms with Crippen molar-refractivity contribution in [2.75, 3.05) is 13.1 Å². The third-order valence-corrected chi connectivity index (χ3v) is 3.63. The topological polar surface area (TPSA) is 52.0 Å². The second kappa shape index (κ2) is 7.83. The van der Waals surface area contributed by atoms with Crippen molar-refractivity contribution in [3.8, 4) is 11.1 Å². The highest BCUT2D eigenvalue weighted by atomic mass is 14.5. The summed E-state index contributed by atoms with van der Waals surface area (Å²) < 4.78 is 0. The van der Waals surface area contributed by atoms with Crippen molar-refractivity contribution in [3.05, 3.63) is 59.7 Å². The number of rotatable bonds is 7. The summed E-state index contributed by atoms with van der Waals surface area (Å²) in [7, 11) is 0. The second-order valence-electron chi connectivity index (χ2n) is 5.10. The average Bonchev–Trinajstić information content (AvgIpc) is 2.51. The molecule has 2 heteroatoms. The van der Waals surface area contributed by atoms with Gasteiger partial charge in [0.1, 0.15) is 0 Å². The van der Waals surface area contributed by atoms with Crippen LogP contribution in [-0.2, 0) is 12.8 Å². The summed E-state index contributed by atoms with van der Waals surface area (Å²) in [5.41, 5.74) is 16.8. The lowest BCUT2D eigenvalue weighted by Gasteiger charge is -2.13. The fourth-order valence-corrected chi connectivity index (χ4v) is 2.59. The molecule has 0 bridgehead atoms. The van der Waals surface area contributed by atoms with Crippen molar-refractivity contribution in [2.24, 2.45) is 11.5 Å². The van der Waals surface area contributed by atoms with Gasteiger partial charge in [0, 0.05) is 0 Å². The lowest BCUT2D eigenvalue weighted by Crippen LogP contribution is -2.03. The fourth-order valence-electron chi connectivity index (χ4n) is 2.59. The van der Waals surface area contributed by atoms with E-state index in [2.05, 4.69) is 48.5 Å². The molecule has 0 amide bonds. The molecule has 106 valence electrons. The molecule has 0 heterocycles. The lowest BCUT2D eigenvalue weighted by molar-refractivity contribution is 0.828. The molecular formula is C18H24N2. The van der Waals surface area contributed by atoms with Gasteiger partial charge in [0.05, 0.1) is 0 Å². The maximum atomic E-state index is 5.65. The molecule has 0 aliphatic rings. The molecule has 0 saturated heterocycles. The standard InChI is InChI=1S/C18H24N2/c19-13-5-9-15-7-1-3-11-17(15)18-12-4-2-8-16(18)10-6-14-20/h1-4,7-8,11-12H,5-6,9-10,13-14,19-20H2. The Morgan fingerprint density at radius 2 is 1.00 bits per heavy atom. The molecule has 0 aromatic heterocycles. The van der Waals surface area contributed by atoms with Crippen LogP contribution in [0.3, 0.4) is 0 Å². The minimum absolute atomic E-state index is 0.739. The molecule has 2 aromatic carbocycles. The Hall–Kier alpha value is -1.64. The van der Waals surface area contributed by atoms with Crippen LogP contribution in [0, 0.1) is 0 Å². The average molecular weight is 268 g/mol. The molecule has 20 heavy (non-hydrogen) atoms. The van der Waals surface area contributed by atoms with E-state index >= 15 is 0 Å². The monoisotopic (exact) mass is 268 g/mol. The molecule has 0 unspecified atom stereocenters. The van der Waals surface area contributed by atoms with Gasteiger partial charge in [-0.15, -0.1) is 0 Å². The first-order chi connectivity index (χ1) is 9.86. The Morgan fingerprint density at radius 3 is 1.40 bits per heavy atom. The van der Waals surface area contributed by atoms with E-state index in [0.717, 1.165) is 38.8 Å². The normalized spacial score (nSPS) is 10.7. The van der Waals surface area contributed by atoms with Crippen molar-refractivity contribution in [2.45, 2.75) is 25.7 Å². The van der Waals surface area contributed by atoms with E-state index in [4.69, 9.17) is 11.5 Å². The Balaban J connectivity index is 2.35. The van der Waals surface area contributed by atoms with Crippen molar-refractivity contribution in [1.82, 2.24) is 0 Å². The van der Waals surface area contributed by atoms with E-state index in [-0.39, 0.29) is 0 Å². The molecule has 2 nitrogen and oxygen atoms in total. The predicted molar refractivity (Wildman–Crippen MR) is 86.6 cm³/mol. The molecular weight excluding hydrogens is 244 g/mol. The summed E-state index contributed by atoms with van der Waals surface area (Å²) in [6.07, 6.45) is 4.14. The predicted octanol–water partition coefficient (Wildman–Crippen LogP) is 3.14. The minimum atomic E-state index is 0.739. The largest absolute Gasteiger partial charge is 0.330 e. The summed E-state index contributed by atoms with van der Waals surface area (Å²) in [5, 5.41) is 0. The molecule has 0 aliphatic heterocycles. The Bertz CT molecular complexity index is 485. The van der Waals surface area contributed by atoms with Crippen LogP contribution < -0.4 is 11.5 Å². The van der Waals surface area contributed by atoms with Crippen LogP contribution in [0.25, 0.3) is 11.1 Å². The van der Waals surface area contributed by atoms with Gasteiger partial charge in [0.25, 0.3) is 0 Å². The second-order valence-corrected chi connectivity index (χ2v) is 5.10. The van der Waals surface area contributed by atoms with E-state index in [9.17, 15) is 0 Å². The van der Waals surface area contributed by atoms with E-state index < -0.39 is 0 Å². The first kappa shape index (κ1) is 14.8. The summed E-state index contributed by atoms with van der Waals surface area (Å²) in [6.45, 7) is 1.48.